The molecule has 0 bridgehead atoms. The van der Waals surface area contributed by atoms with Crippen molar-refractivity contribution in [3.05, 3.63) is 69.7 Å². The van der Waals surface area contributed by atoms with Crippen LogP contribution in [0.4, 0.5) is 0 Å². The van der Waals surface area contributed by atoms with Gasteiger partial charge in [-0.1, -0.05) is 47.5 Å². The van der Waals surface area contributed by atoms with E-state index in [1.165, 1.54) is 0 Å². The quantitative estimate of drug-likeness (QED) is 0.465. The van der Waals surface area contributed by atoms with Crippen LogP contribution in [-0.4, -0.2) is 47.4 Å². The molecule has 0 aliphatic carbocycles. The van der Waals surface area contributed by atoms with Crippen LogP contribution in [0.1, 0.15) is 49.3 Å². The molecule has 6 nitrogen and oxygen atoms in total. The Hall–Kier alpha value is -2.41. The molecule has 3 rings (SSSR count). The Labute approximate surface area is 203 Å². The summed E-state index contributed by atoms with van der Waals surface area (Å²) >= 11 is 12.4. The minimum absolute atomic E-state index is 0.0812. The fourth-order valence-corrected chi connectivity index (χ4v) is 4.93. The van der Waals surface area contributed by atoms with Crippen LogP contribution < -0.4 is 0 Å². The van der Waals surface area contributed by atoms with E-state index in [-0.39, 0.29) is 31.3 Å². The lowest BCUT2D eigenvalue weighted by Gasteiger charge is -2.48. The molecule has 0 radical (unpaired) electrons. The van der Waals surface area contributed by atoms with Gasteiger partial charge in [-0.3, -0.25) is 9.59 Å². The number of likely N-dealkylation sites (tertiary alicyclic amines) is 1. The number of carbonyl (C=O) groups is 3. The minimum Gasteiger partial charge on any atom is -0.481 e. The molecule has 176 valence electrons. The van der Waals surface area contributed by atoms with Crippen LogP contribution in [0.15, 0.2) is 48.5 Å². The first kappa shape index (κ1) is 25.2. The standard InChI is InChI=1S/C25H27Cl2NO5/c1-2-33-15-21(10-11-29)28-24(16-6-8-19(26)9-7-16)22(17-4-3-5-20(27)12-17)13-18(25(28)32)14-23(30)31/h3-9,11-12,18,21-22,24H,2,10,13-15H2,1H3,(H,30,31). The number of hydrogen-bond acceptors (Lipinski definition) is 4. The van der Waals surface area contributed by atoms with Gasteiger partial charge >= 0.3 is 5.97 Å². The zero-order valence-electron chi connectivity index (χ0n) is 18.3. The fourth-order valence-electron chi connectivity index (χ4n) is 4.60. The smallest absolute Gasteiger partial charge is 0.304 e. The van der Waals surface area contributed by atoms with Crippen molar-refractivity contribution in [2.75, 3.05) is 13.2 Å². The minimum atomic E-state index is -1.04. The third-order valence-corrected chi connectivity index (χ3v) is 6.50. The summed E-state index contributed by atoms with van der Waals surface area (Å²) in [6, 6.07) is 13.7. The maximum absolute atomic E-state index is 13.7. The van der Waals surface area contributed by atoms with Crippen LogP contribution >= 0.6 is 23.2 Å². The van der Waals surface area contributed by atoms with Gasteiger partial charge in [0.15, 0.2) is 0 Å². The van der Waals surface area contributed by atoms with Crippen molar-refractivity contribution in [3.8, 4) is 0 Å². The van der Waals surface area contributed by atoms with Crippen molar-refractivity contribution in [1.82, 2.24) is 4.90 Å². The molecule has 4 unspecified atom stereocenters. The predicted molar refractivity (Wildman–Crippen MR) is 127 cm³/mol. The summed E-state index contributed by atoms with van der Waals surface area (Å²) in [7, 11) is 0. The molecule has 2 aromatic rings. The zero-order valence-corrected chi connectivity index (χ0v) is 19.8. The second kappa shape index (κ2) is 11.6. The maximum atomic E-state index is 13.7. The molecule has 2 aromatic carbocycles. The predicted octanol–water partition coefficient (Wildman–Crippen LogP) is 5.14. The summed E-state index contributed by atoms with van der Waals surface area (Å²) in [6.45, 7) is 2.45. The van der Waals surface area contributed by atoms with Gasteiger partial charge < -0.3 is 19.5 Å². The molecule has 1 heterocycles. The summed E-state index contributed by atoms with van der Waals surface area (Å²) in [5.74, 6) is -2.30. The number of rotatable bonds is 10. The van der Waals surface area contributed by atoms with E-state index >= 15 is 0 Å². The van der Waals surface area contributed by atoms with Gasteiger partial charge in [-0.2, -0.15) is 0 Å². The highest BCUT2D eigenvalue weighted by Gasteiger charge is 2.46. The number of carboxylic acid groups (broad SMARTS) is 1. The summed E-state index contributed by atoms with van der Waals surface area (Å²) in [6.07, 6.45) is 0.906. The van der Waals surface area contributed by atoms with Crippen LogP contribution in [0.3, 0.4) is 0 Å². The highest BCUT2D eigenvalue weighted by Crippen LogP contribution is 2.47. The summed E-state index contributed by atoms with van der Waals surface area (Å²) in [5.41, 5.74) is 1.75. The molecule has 1 saturated heterocycles. The van der Waals surface area contributed by atoms with Crippen LogP contribution in [0, 0.1) is 5.92 Å². The van der Waals surface area contributed by atoms with Crippen molar-refractivity contribution in [2.24, 2.45) is 5.92 Å². The number of amides is 1. The Morgan fingerprint density at radius 1 is 1.18 bits per heavy atom. The number of hydrogen-bond donors (Lipinski definition) is 1. The number of halogens is 2. The van der Waals surface area contributed by atoms with E-state index in [1.54, 1.807) is 23.1 Å². The van der Waals surface area contributed by atoms with Crippen molar-refractivity contribution in [2.45, 2.75) is 44.2 Å². The summed E-state index contributed by atoms with van der Waals surface area (Å²) < 4.78 is 5.62. The first-order valence-corrected chi connectivity index (χ1v) is 11.7. The Morgan fingerprint density at radius 2 is 1.91 bits per heavy atom. The Bertz CT molecular complexity index is 981. The molecule has 0 saturated carbocycles. The Kier molecular flexibility index (Phi) is 8.89. The molecule has 0 spiro atoms. The van der Waals surface area contributed by atoms with E-state index in [9.17, 15) is 19.5 Å². The third kappa shape index (κ3) is 6.14. The highest BCUT2D eigenvalue weighted by atomic mass is 35.5. The molecule has 1 aliphatic rings. The number of nitrogens with zero attached hydrogens (tertiary/aromatic N) is 1. The number of piperidine rings is 1. The Balaban J connectivity index is 2.17. The molecular weight excluding hydrogens is 465 g/mol. The summed E-state index contributed by atoms with van der Waals surface area (Å²) in [4.78, 5) is 38.5. The van der Waals surface area contributed by atoms with Gasteiger partial charge in [0.05, 0.1) is 25.1 Å². The zero-order chi connectivity index (χ0) is 24.0. The maximum Gasteiger partial charge on any atom is 0.304 e. The highest BCUT2D eigenvalue weighted by molar-refractivity contribution is 6.30. The lowest BCUT2D eigenvalue weighted by atomic mass is 9.74. The monoisotopic (exact) mass is 491 g/mol. The molecule has 1 fully saturated rings. The first-order chi connectivity index (χ1) is 15.8. The van der Waals surface area contributed by atoms with Gasteiger partial charge in [0.2, 0.25) is 5.91 Å². The molecule has 1 N–H and O–H groups in total. The average Bonchev–Trinajstić information content (AvgIpc) is 2.78. The lowest BCUT2D eigenvalue weighted by Crippen LogP contribution is -2.53. The number of aldehydes is 1. The molecule has 0 aromatic heterocycles. The van der Waals surface area contributed by atoms with Gasteiger partial charge in [-0.25, -0.2) is 0 Å². The average molecular weight is 492 g/mol. The molecule has 33 heavy (non-hydrogen) atoms. The number of benzene rings is 2. The van der Waals surface area contributed by atoms with Crippen molar-refractivity contribution in [1.29, 1.82) is 0 Å². The number of carbonyl (C=O) groups excluding carboxylic acids is 2. The van der Waals surface area contributed by atoms with Crippen molar-refractivity contribution >= 4 is 41.4 Å². The van der Waals surface area contributed by atoms with Crippen LogP contribution in [0.2, 0.25) is 10.0 Å². The molecule has 1 amide bonds. The van der Waals surface area contributed by atoms with Gasteiger partial charge in [-0.15, -0.1) is 0 Å². The van der Waals surface area contributed by atoms with Crippen LogP contribution in [-0.2, 0) is 19.1 Å². The van der Waals surface area contributed by atoms with E-state index in [4.69, 9.17) is 27.9 Å². The fraction of sp³-hybridized carbons (Fsp3) is 0.400. The lowest BCUT2D eigenvalue weighted by molar-refractivity contribution is -0.154. The molecular formula is C25H27Cl2NO5. The number of ether oxygens (including phenoxy) is 1. The van der Waals surface area contributed by atoms with E-state index in [2.05, 4.69) is 0 Å². The van der Waals surface area contributed by atoms with Gasteiger partial charge in [0.25, 0.3) is 0 Å². The molecule has 4 atom stereocenters. The third-order valence-electron chi connectivity index (χ3n) is 6.01. The Morgan fingerprint density at radius 3 is 2.52 bits per heavy atom. The van der Waals surface area contributed by atoms with Crippen LogP contribution in [0.5, 0.6) is 0 Å². The van der Waals surface area contributed by atoms with E-state index < -0.39 is 24.0 Å². The van der Waals surface area contributed by atoms with Crippen molar-refractivity contribution in [3.63, 3.8) is 0 Å². The summed E-state index contributed by atoms with van der Waals surface area (Å²) in [5, 5.41) is 10.6. The van der Waals surface area contributed by atoms with E-state index in [0.29, 0.717) is 23.1 Å². The SMILES string of the molecule is CCOCC(CC=O)N1C(=O)C(CC(=O)O)CC(c2cccc(Cl)c2)C1c1ccc(Cl)cc1. The van der Waals surface area contributed by atoms with E-state index in [0.717, 1.165) is 17.4 Å². The van der Waals surface area contributed by atoms with Gasteiger partial charge in [0.1, 0.15) is 6.29 Å². The molecule has 8 heteroatoms. The topological polar surface area (TPSA) is 83.9 Å². The first-order valence-electron chi connectivity index (χ1n) is 10.9. The van der Waals surface area contributed by atoms with Crippen molar-refractivity contribution < 1.29 is 24.2 Å². The van der Waals surface area contributed by atoms with Crippen LogP contribution in [0.25, 0.3) is 0 Å². The number of carboxylic acids is 1. The second-order valence-electron chi connectivity index (χ2n) is 8.15. The number of aliphatic carboxylic acids is 1. The molecule has 1 aliphatic heterocycles. The van der Waals surface area contributed by atoms with Gasteiger partial charge in [0, 0.05) is 34.9 Å². The van der Waals surface area contributed by atoms with E-state index in [1.807, 2.05) is 37.3 Å². The van der Waals surface area contributed by atoms with Gasteiger partial charge in [-0.05, 0) is 48.7 Å². The largest absolute Gasteiger partial charge is 0.481 e. The normalized spacial score (nSPS) is 21.6. The second-order valence-corrected chi connectivity index (χ2v) is 9.02.